The van der Waals surface area contributed by atoms with Gasteiger partial charge in [0.25, 0.3) is 5.91 Å². The lowest BCUT2D eigenvalue weighted by atomic mass is 9.91. The van der Waals surface area contributed by atoms with E-state index in [2.05, 4.69) is 10.6 Å². The number of hydrogen-bond acceptors (Lipinski definition) is 2. The van der Waals surface area contributed by atoms with Gasteiger partial charge in [0.2, 0.25) is 0 Å². The minimum atomic E-state index is -0.633. The average Bonchev–Trinajstić information content (AvgIpc) is 2.28. The quantitative estimate of drug-likeness (QED) is 0.615. The molecule has 0 radical (unpaired) electrons. The summed E-state index contributed by atoms with van der Waals surface area (Å²) < 4.78 is 0. The number of carbonyl (C=O) groups excluding carboxylic acids is 2. The van der Waals surface area contributed by atoms with Crippen molar-refractivity contribution < 1.29 is 9.59 Å². The van der Waals surface area contributed by atoms with Crippen molar-refractivity contribution in [2.75, 3.05) is 0 Å². The van der Waals surface area contributed by atoms with E-state index in [0.717, 1.165) is 6.42 Å². The lowest BCUT2D eigenvalue weighted by Crippen LogP contribution is -2.45. The Bertz CT molecular complexity index is 215. The summed E-state index contributed by atoms with van der Waals surface area (Å²) in [6.07, 6.45) is 2.25. The van der Waals surface area contributed by atoms with Crippen LogP contribution < -0.4 is 10.6 Å². The molecule has 0 aromatic carbocycles. The number of imide groups is 1. The second kappa shape index (κ2) is 3.13. The fourth-order valence-corrected chi connectivity index (χ4v) is 1.56. The summed E-state index contributed by atoms with van der Waals surface area (Å²) in [5.74, 6) is -0.183. The molecule has 0 unspecified atom stereocenters. The Morgan fingerprint density at radius 1 is 1.33 bits per heavy atom. The van der Waals surface area contributed by atoms with Gasteiger partial charge < -0.3 is 5.32 Å². The van der Waals surface area contributed by atoms with Gasteiger partial charge in [0.1, 0.15) is 5.54 Å². The van der Waals surface area contributed by atoms with Crippen LogP contribution in [-0.4, -0.2) is 17.5 Å². The SMILES string of the molecule is CCC[C@]1(CC)NC(=O)NC1=O. The topological polar surface area (TPSA) is 58.2 Å². The van der Waals surface area contributed by atoms with E-state index in [9.17, 15) is 9.59 Å². The first-order valence-corrected chi connectivity index (χ1v) is 4.28. The van der Waals surface area contributed by atoms with E-state index >= 15 is 0 Å². The van der Waals surface area contributed by atoms with Gasteiger partial charge in [0.15, 0.2) is 0 Å². The molecule has 0 aromatic heterocycles. The molecule has 1 aliphatic rings. The summed E-state index contributed by atoms with van der Waals surface area (Å²) >= 11 is 0. The number of urea groups is 1. The summed E-state index contributed by atoms with van der Waals surface area (Å²) in [5.41, 5.74) is -0.633. The molecule has 4 heteroatoms. The molecule has 1 aliphatic heterocycles. The van der Waals surface area contributed by atoms with Crippen molar-refractivity contribution in [3.63, 3.8) is 0 Å². The lowest BCUT2D eigenvalue weighted by Gasteiger charge is -2.23. The van der Waals surface area contributed by atoms with E-state index in [-0.39, 0.29) is 11.9 Å². The number of carbonyl (C=O) groups is 2. The summed E-state index contributed by atoms with van der Waals surface area (Å²) in [7, 11) is 0. The van der Waals surface area contributed by atoms with E-state index in [0.29, 0.717) is 12.8 Å². The molecule has 1 heterocycles. The van der Waals surface area contributed by atoms with Crippen LogP contribution >= 0.6 is 0 Å². The largest absolute Gasteiger partial charge is 0.323 e. The maximum Gasteiger partial charge on any atom is 0.322 e. The van der Waals surface area contributed by atoms with Crippen molar-refractivity contribution in [2.24, 2.45) is 0 Å². The molecule has 0 aliphatic carbocycles. The third-order valence-electron chi connectivity index (χ3n) is 2.29. The van der Waals surface area contributed by atoms with Gasteiger partial charge in [0.05, 0.1) is 0 Å². The molecule has 1 rings (SSSR count). The smallest absolute Gasteiger partial charge is 0.322 e. The van der Waals surface area contributed by atoms with Gasteiger partial charge in [-0.3, -0.25) is 10.1 Å². The highest BCUT2D eigenvalue weighted by Crippen LogP contribution is 2.20. The highest BCUT2D eigenvalue weighted by molar-refractivity contribution is 6.06. The molecular formula is C8H14N2O2. The third-order valence-corrected chi connectivity index (χ3v) is 2.29. The summed E-state index contributed by atoms with van der Waals surface area (Å²) in [5, 5.41) is 4.92. The Labute approximate surface area is 71.7 Å². The molecule has 0 aromatic rings. The third kappa shape index (κ3) is 1.29. The molecule has 3 amide bonds. The van der Waals surface area contributed by atoms with Crippen LogP contribution in [0.1, 0.15) is 33.1 Å². The van der Waals surface area contributed by atoms with E-state index in [1.54, 1.807) is 0 Å². The van der Waals surface area contributed by atoms with Crippen LogP contribution in [0.3, 0.4) is 0 Å². The second-order valence-corrected chi connectivity index (χ2v) is 3.09. The van der Waals surface area contributed by atoms with Gasteiger partial charge in [-0.05, 0) is 12.8 Å². The number of hydrogen-bond donors (Lipinski definition) is 2. The Balaban J connectivity index is 2.78. The van der Waals surface area contributed by atoms with Gasteiger partial charge in [-0.25, -0.2) is 4.79 Å². The fraction of sp³-hybridized carbons (Fsp3) is 0.750. The standard InChI is InChI=1S/C8H14N2O2/c1-3-5-8(4-2)6(11)9-7(12)10-8/h3-5H2,1-2H3,(H2,9,10,11,12)/t8-/m0/s1. The van der Waals surface area contributed by atoms with Crippen molar-refractivity contribution in [1.82, 2.24) is 10.6 Å². The zero-order valence-corrected chi connectivity index (χ0v) is 7.44. The van der Waals surface area contributed by atoms with Crippen LogP contribution in [0.15, 0.2) is 0 Å². The van der Waals surface area contributed by atoms with Gasteiger partial charge >= 0.3 is 6.03 Å². The number of amides is 3. The van der Waals surface area contributed by atoms with E-state index in [1.807, 2.05) is 13.8 Å². The maximum atomic E-state index is 11.3. The molecule has 4 nitrogen and oxygen atoms in total. The first-order valence-electron chi connectivity index (χ1n) is 4.28. The molecule has 68 valence electrons. The van der Waals surface area contributed by atoms with Gasteiger partial charge in [0, 0.05) is 0 Å². The highest BCUT2D eigenvalue weighted by Gasteiger charge is 2.43. The molecule has 0 bridgehead atoms. The minimum Gasteiger partial charge on any atom is -0.323 e. The molecule has 1 fully saturated rings. The normalized spacial score (nSPS) is 28.5. The number of rotatable bonds is 3. The molecular weight excluding hydrogens is 156 g/mol. The first-order chi connectivity index (χ1) is 5.64. The average molecular weight is 170 g/mol. The highest BCUT2D eigenvalue weighted by atomic mass is 16.2. The van der Waals surface area contributed by atoms with Crippen molar-refractivity contribution in [3.8, 4) is 0 Å². The monoisotopic (exact) mass is 170 g/mol. The van der Waals surface area contributed by atoms with Crippen LogP contribution in [0, 0.1) is 0 Å². The lowest BCUT2D eigenvalue weighted by molar-refractivity contribution is -0.124. The van der Waals surface area contributed by atoms with Gasteiger partial charge in [-0.1, -0.05) is 20.3 Å². The van der Waals surface area contributed by atoms with Crippen molar-refractivity contribution in [1.29, 1.82) is 0 Å². The van der Waals surface area contributed by atoms with Crippen LogP contribution in [0.2, 0.25) is 0 Å². The predicted molar refractivity (Wildman–Crippen MR) is 44.6 cm³/mol. The summed E-state index contributed by atoms with van der Waals surface area (Å²) in [6.45, 7) is 3.90. The number of nitrogens with one attached hydrogen (secondary N) is 2. The van der Waals surface area contributed by atoms with Gasteiger partial charge in [-0.2, -0.15) is 0 Å². The van der Waals surface area contributed by atoms with Crippen molar-refractivity contribution in [2.45, 2.75) is 38.6 Å². The molecule has 2 N–H and O–H groups in total. The Morgan fingerprint density at radius 2 is 2.00 bits per heavy atom. The predicted octanol–water partition coefficient (Wildman–Crippen LogP) is 0.775. The first kappa shape index (κ1) is 9.03. The van der Waals surface area contributed by atoms with E-state index in [1.165, 1.54) is 0 Å². The molecule has 0 spiro atoms. The zero-order valence-electron chi connectivity index (χ0n) is 7.44. The van der Waals surface area contributed by atoms with Crippen molar-refractivity contribution in [3.05, 3.63) is 0 Å². The Kier molecular flexibility index (Phi) is 2.35. The molecule has 0 saturated carbocycles. The second-order valence-electron chi connectivity index (χ2n) is 3.09. The maximum absolute atomic E-state index is 11.3. The van der Waals surface area contributed by atoms with Crippen LogP contribution in [-0.2, 0) is 4.79 Å². The Morgan fingerprint density at radius 3 is 2.33 bits per heavy atom. The summed E-state index contributed by atoms with van der Waals surface area (Å²) in [6, 6.07) is -0.365. The molecule has 1 atom stereocenters. The molecule has 12 heavy (non-hydrogen) atoms. The zero-order chi connectivity index (χ0) is 9.19. The van der Waals surface area contributed by atoms with Crippen LogP contribution in [0.25, 0.3) is 0 Å². The van der Waals surface area contributed by atoms with Crippen LogP contribution in [0.4, 0.5) is 4.79 Å². The molecule has 1 saturated heterocycles. The van der Waals surface area contributed by atoms with Crippen LogP contribution in [0.5, 0.6) is 0 Å². The van der Waals surface area contributed by atoms with Crippen molar-refractivity contribution >= 4 is 11.9 Å². The van der Waals surface area contributed by atoms with E-state index in [4.69, 9.17) is 0 Å². The van der Waals surface area contributed by atoms with Gasteiger partial charge in [-0.15, -0.1) is 0 Å². The Hall–Kier alpha value is -1.06. The fourth-order valence-electron chi connectivity index (χ4n) is 1.56. The summed E-state index contributed by atoms with van der Waals surface area (Å²) in [4.78, 5) is 22.2. The van der Waals surface area contributed by atoms with E-state index < -0.39 is 5.54 Å². The minimum absolute atomic E-state index is 0.183.